The molecule has 1 heterocycles. The van der Waals surface area contributed by atoms with Gasteiger partial charge >= 0.3 is 206 Å². The van der Waals surface area contributed by atoms with E-state index >= 15 is 0 Å². The summed E-state index contributed by atoms with van der Waals surface area (Å²) in [4.78, 5) is 14.8. The van der Waals surface area contributed by atoms with Crippen LogP contribution in [0.2, 0.25) is 0 Å². The molecule has 0 radical (unpaired) electrons. The molecule has 0 unspecified atom stereocenters. The van der Waals surface area contributed by atoms with Crippen molar-refractivity contribution in [3.8, 4) is 0 Å². The Hall–Kier alpha value is -2.48. The van der Waals surface area contributed by atoms with Crippen molar-refractivity contribution in [2.24, 2.45) is 0 Å². The standard InChI is InChI=1S/C30H38NO2P/c32-30(33-25-24-31-22-12-4-13-23-31)21-11-14-26-34(27-15-5-1-6-16-27,28-17-7-2-8-18-28)29-19-9-3-10-20-29/h1-3,5-10,15-20,34H,4,11-14,21-26H2. The molecule has 4 heteroatoms. The number of nitrogens with zero attached hydrogens (tertiary/aromatic N) is 1. The summed E-state index contributed by atoms with van der Waals surface area (Å²) in [5.41, 5.74) is 0. The molecule has 180 valence electrons. The number of esters is 1. The van der Waals surface area contributed by atoms with Gasteiger partial charge in [0.05, 0.1) is 0 Å². The molecule has 4 rings (SSSR count). The summed E-state index contributed by atoms with van der Waals surface area (Å²) in [5, 5.41) is 4.28. The number of carbonyl (C=O) groups is 1. The van der Waals surface area contributed by atoms with Gasteiger partial charge < -0.3 is 0 Å². The van der Waals surface area contributed by atoms with Gasteiger partial charge in [0, 0.05) is 0 Å². The van der Waals surface area contributed by atoms with E-state index in [4.69, 9.17) is 4.74 Å². The summed E-state index contributed by atoms with van der Waals surface area (Å²) >= 11 is 0. The first-order valence-corrected chi connectivity index (χ1v) is 15.0. The van der Waals surface area contributed by atoms with Crippen LogP contribution in [0.1, 0.15) is 38.5 Å². The molecule has 0 saturated carbocycles. The predicted octanol–water partition coefficient (Wildman–Crippen LogP) is 4.91. The quantitative estimate of drug-likeness (QED) is 0.224. The van der Waals surface area contributed by atoms with Gasteiger partial charge in [0.1, 0.15) is 0 Å². The van der Waals surface area contributed by atoms with Crippen molar-refractivity contribution < 1.29 is 9.53 Å². The fraction of sp³-hybridized carbons (Fsp3) is 0.367. The average molecular weight is 476 g/mol. The third kappa shape index (κ3) is 6.34. The summed E-state index contributed by atoms with van der Waals surface area (Å²) in [6.45, 7) is 3.68. The van der Waals surface area contributed by atoms with E-state index in [0.717, 1.165) is 38.6 Å². The first-order chi connectivity index (χ1) is 16.8. The van der Waals surface area contributed by atoms with Crippen molar-refractivity contribution in [3.05, 3.63) is 91.0 Å². The zero-order chi connectivity index (χ0) is 23.5. The maximum absolute atomic E-state index is 12.4. The molecule has 0 amide bonds. The Kier molecular flexibility index (Phi) is 9.30. The van der Waals surface area contributed by atoms with Crippen molar-refractivity contribution in [1.82, 2.24) is 4.90 Å². The monoisotopic (exact) mass is 475 g/mol. The van der Waals surface area contributed by atoms with Crippen molar-refractivity contribution in [3.63, 3.8) is 0 Å². The Bertz CT molecular complexity index is 891. The van der Waals surface area contributed by atoms with Gasteiger partial charge in [0.2, 0.25) is 0 Å². The molecule has 1 saturated heterocycles. The molecule has 1 aliphatic rings. The van der Waals surface area contributed by atoms with Gasteiger partial charge in [-0.1, -0.05) is 0 Å². The van der Waals surface area contributed by atoms with Crippen molar-refractivity contribution in [1.29, 1.82) is 0 Å². The van der Waals surface area contributed by atoms with Crippen LogP contribution < -0.4 is 15.9 Å². The molecule has 34 heavy (non-hydrogen) atoms. The second kappa shape index (κ2) is 12.8. The number of ether oxygens (including phenoxy) is 1. The molecule has 3 aromatic rings. The summed E-state index contributed by atoms with van der Waals surface area (Å²) in [5.74, 6) is -0.0524. The van der Waals surface area contributed by atoms with E-state index in [-0.39, 0.29) is 5.97 Å². The van der Waals surface area contributed by atoms with Crippen LogP contribution in [-0.4, -0.2) is 43.3 Å². The zero-order valence-electron chi connectivity index (χ0n) is 20.2. The van der Waals surface area contributed by atoms with E-state index in [2.05, 4.69) is 95.9 Å². The summed E-state index contributed by atoms with van der Waals surface area (Å²) in [6, 6.07) is 33.0. The number of piperidine rings is 1. The fourth-order valence-electron chi connectivity index (χ4n) is 5.30. The van der Waals surface area contributed by atoms with Crippen LogP contribution in [0.4, 0.5) is 0 Å². The molecule has 0 spiro atoms. The second-order valence-electron chi connectivity index (χ2n) is 9.33. The molecule has 0 N–H and O–H groups in total. The minimum absolute atomic E-state index is 0.0524. The van der Waals surface area contributed by atoms with Gasteiger partial charge in [-0.3, -0.25) is 0 Å². The van der Waals surface area contributed by atoms with Gasteiger partial charge in [-0.15, -0.1) is 0 Å². The number of hydrogen-bond donors (Lipinski definition) is 0. The molecule has 1 fully saturated rings. The van der Waals surface area contributed by atoms with Gasteiger partial charge in [0.25, 0.3) is 0 Å². The number of rotatable bonds is 11. The van der Waals surface area contributed by atoms with E-state index in [0.29, 0.717) is 13.0 Å². The van der Waals surface area contributed by atoms with E-state index < -0.39 is 7.26 Å². The molecular formula is C30H38NO2P. The first-order valence-electron chi connectivity index (χ1n) is 12.8. The third-order valence-corrected chi connectivity index (χ3v) is 12.2. The van der Waals surface area contributed by atoms with Gasteiger partial charge in [0.15, 0.2) is 0 Å². The number of benzene rings is 3. The van der Waals surface area contributed by atoms with Gasteiger partial charge in [-0.05, 0) is 0 Å². The number of unbranched alkanes of at least 4 members (excludes halogenated alkanes) is 1. The molecular weight excluding hydrogens is 437 g/mol. The first kappa shape index (κ1) is 24.6. The topological polar surface area (TPSA) is 29.5 Å². The van der Waals surface area contributed by atoms with Crippen LogP contribution in [0.15, 0.2) is 91.0 Å². The zero-order valence-corrected chi connectivity index (χ0v) is 21.2. The number of likely N-dealkylation sites (tertiary alicyclic amines) is 1. The molecule has 1 aliphatic heterocycles. The Morgan fingerprint density at radius 1 is 0.706 bits per heavy atom. The summed E-state index contributed by atoms with van der Waals surface area (Å²) < 4.78 is 5.56. The minimum atomic E-state index is -2.20. The molecule has 0 atom stereocenters. The van der Waals surface area contributed by atoms with Crippen LogP contribution in [0.5, 0.6) is 0 Å². The molecule has 3 nitrogen and oxygen atoms in total. The summed E-state index contributed by atoms with van der Waals surface area (Å²) in [7, 11) is -2.20. The Labute approximate surface area is 205 Å². The SMILES string of the molecule is O=C(CCCC[PH](c1ccccc1)(c1ccccc1)c1ccccc1)OCCN1CCCCC1. The van der Waals surface area contributed by atoms with Crippen LogP contribution in [-0.2, 0) is 9.53 Å². The summed E-state index contributed by atoms with van der Waals surface area (Å²) in [6.07, 6.45) is 7.31. The van der Waals surface area contributed by atoms with Crippen LogP contribution in [0, 0.1) is 0 Å². The van der Waals surface area contributed by atoms with E-state index in [1.54, 1.807) is 0 Å². The van der Waals surface area contributed by atoms with E-state index in [1.165, 1.54) is 35.2 Å². The van der Waals surface area contributed by atoms with Crippen molar-refractivity contribution in [2.45, 2.75) is 38.5 Å². The second-order valence-corrected chi connectivity index (χ2v) is 13.4. The van der Waals surface area contributed by atoms with Crippen molar-refractivity contribution in [2.75, 3.05) is 32.4 Å². The molecule has 0 aromatic heterocycles. The predicted molar refractivity (Wildman–Crippen MR) is 147 cm³/mol. The van der Waals surface area contributed by atoms with Gasteiger partial charge in [-0.25, -0.2) is 0 Å². The van der Waals surface area contributed by atoms with Crippen molar-refractivity contribution >= 4 is 29.1 Å². The Balaban J connectivity index is 1.42. The Morgan fingerprint density at radius 3 is 1.71 bits per heavy atom. The maximum atomic E-state index is 12.4. The fourth-order valence-corrected chi connectivity index (χ4v) is 10.2. The molecule has 3 aromatic carbocycles. The third-order valence-electron chi connectivity index (χ3n) is 7.10. The number of carbonyl (C=O) groups excluding carboxylic acids is 1. The van der Waals surface area contributed by atoms with E-state index in [1.807, 2.05) is 0 Å². The van der Waals surface area contributed by atoms with E-state index in [9.17, 15) is 4.79 Å². The average Bonchev–Trinajstić information content (AvgIpc) is 2.91. The van der Waals surface area contributed by atoms with Gasteiger partial charge in [-0.2, -0.15) is 0 Å². The molecule has 0 aliphatic carbocycles. The molecule has 0 bridgehead atoms. The Morgan fingerprint density at radius 2 is 1.21 bits per heavy atom. The van der Waals surface area contributed by atoms with Crippen LogP contribution >= 0.6 is 7.26 Å². The number of hydrogen-bond acceptors (Lipinski definition) is 3. The normalized spacial score (nSPS) is 15.1. The van der Waals surface area contributed by atoms with Crippen LogP contribution in [0.25, 0.3) is 0 Å². The van der Waals surface area contributed by atoms with Crippen LogP contribution in [0.3, 0.4) is 0 Å².